The van der Waals surface area contributed by atoms with Crippen LogP contribution in [0.25, 0.3) is 0 Å². The van der Waals surface area contributed by atoms with Crippen molar-refractivity contribution >= 4 is 11.9 Å². The predicted molar refractivity (Wildman–Crippen MR) is 74.5 cm³/mol. The van der Waals surface area contributed by atoms with Gasteiger partial charge in [-0.3, -0.25) is 4.79 Å². The maximum atomic E-state index is 11.9. The molecule has 0 fully saturated rings. The lowest BCUT2D eigenvalue weighted by molar-refractivity contribution is 0.0932. The van der Waals surface area contributed by atoms with Crippen LogP contribution in [0.15, 0.2) is 6.07 Å². The van der Waals surface area contributed by atoms with E-state index in [9.17, 15) is 4.79 Å². The topological polar surface area (TPSA) is 67.4 Å². The number of hydrogen-bond acceptors (Lipinski definition) is 5. The summed E-state index contributed by atoms with van der Waals surface area (Å²) in [4.78, 5) is 22.6. The molecule has 6 nitrogen and oxygen atoms in total. The van der Waals surface area contributed by atoms with E-state index in [1.54, 1.807) is 13.2 Å². The Morgan fingerprint density at radius 1 is 1.37 bits per heavy atom. The van der Waals surface area contributed by atoms with E-state index >= 15 is 0 Å². The van der Waals surface area contributed by atoms with Gasteiger partial charge in [0.2, 0.25) is 5.95 Å². The van der Waals surface area contributed by atoms with E-state index < -0.39 is 0 Å². The van der Waals surface area contributed by atoms with Gasteiger partial charge in [-0.15, -0.1) is 0 Å². The van der Waals surface area contributed by atoms with Gasteiger partial charge in [-0.05, 0) is 26.8 Å². The van der Waals surface area contributed by atoms with Crippen LogP contribution >= 0.6 is 0 Å². The minimum absolute atomic E-state index is 0.198. The van der Waals surface area contributed by atoms with Crippen LogP contribution in [0.3, 0.4) is 0 Å². The van der Waals surface area contributed by atoms with Gasteiger partial charge >= 0.3 is 0 Å². The molecule has 0 radical (unpaired) electrons. The van der Waals surface area contributed by atoms with Crippen molar-refractivity contribution in [2.45, 2.75) is 20.8 Å². The van der Waals surface area contributed by atoms with Gasteiger partial charge in [0.1, 0.15) is 5.69 Å². The van der Waals surface area contributed by atoms with Gasteiger partial charge in [0.25, 0.3) is 5.91 Å². The monoisotopic (exact) mass is 266 g/mol. The molecule has 0 bridgehead atoms. The summed E-state index contributed by atoms with van der Waals surface area (Å²) in [5, 5.41) is 2.76. The Morgan fingerprint density at radius 3 is 2.63 bits per heavy atom. The third kappa shape index (κ3) is 4.48. The zero-order valence-electron chi connectivity index (χ0n) is 12.1. The van der Waals surface area contributed by atoms with E-state index in [2.05, 4.69) is 15.3 Å². The lowest BCUT2D eigenvalue weighted by Crippen LogP contribution is -2.30. The molecule has 1 N–H and O–H groups in total. The van der Waals surface area contributed by atoms with Crippen LogP contribution in [0, 0.1) is 6.92 Å². The lowest BCUT2D eigenvalue weighted by Gasteiger charge is -2.19. The fraction of sp³-hybridized carbons (Fsp3) is 0.615. The van der Waals surface area contributed by atoms with Crippen molar-refractivity contribution in [1.82, 2.24) is 15.3 Å². The van der Waals surface area contributed by atoms with E-state index in [0.29, 0.717) is 24.8 Å². The third-order valence-electron chi connectivity index (χ3n) is 2.71. The normalized spacial score (nSPS) is 10.3. The zero-order valence-corrected chi connectivity index (χ0v) is 12.1. The average Bonchev–Trinajstić information content (AvgIpc) is 2.39. The number of carbonyl (C=O) groups excluding carboxylic acids is 1. The highest BCUT2D eigenvalue weighted by Crippen LogP contribution is 2.10. The standard InChI is InChI=1S/C13H22N4O2/c1-5-17(6-2)13-15-10(3)9-11(16-13)12(18)14-7-8-19-4/h9H,5-8H2,1-4H3,(H,14,18). The molecule has 0 spiro atoms. The van der Waals surface area contributed by atoms with Crippen LogP contribution in [0.1, 0.15) is 30.0 Å². The third-order valence-corrected chi connectivity index (χ3v) is 2.71. The van der Waals surface area contributed by atoms with E-state index in [1.165, 1.54) is 0 Å². The molecule has 19 heavy (non-hydrogen) atoms. The molecule has 1 rings (SSSR count). The molecule has 106 valence electrons. The van der Waals surface area contributed by atoms with Crippen LogP contribution in [-0.2, 0) is 4.74 Å². The van der Waals surface area contributed by atoms with Crippen LogP contribution in [0.2, 0.25) is 0 Å². The van der Waals surface area contributed by atoms with Crippen LogP contribution in [0.5, 0.6) is 0 Å². The molecule has 0 aliphatic heterocycles. The maximum absolute atomic E-state index is 11.9. The largest absolute Gasteiger partial charge is 0.383 e. The molecule has 1 aromatic heterocycles. The van der Waals surface area contributed by atoms with Crippen molar-refractivity contribution in [3.8, 4) is 0 Å². The Labute approximate surface area is 114 Å². The smallest absolute Gasteiger partial charge is 0.270 e. The first-order valence-electron chi connectivity index (χ1n) is 6.50. The van der Waals surface area contributed by atoms with Gasteiger partial charge in [0.15, 0.2) is 0 Å². The molecule has 1 heterocycles. The minimum Gasteiger partial charge on any atom is -0.383 e. The second-order valence-corrected chi connectivity index (χ2v) is 4.12. The number of carbonyl (C=O) groups is 1. The molecule has 0 atom stereocenters. The number of anilines is 1. The van der Waals surface area contributed by atoms with Crippen molar-refractivity contribution in [2.75, 3.05) is 38.3 Å². The molecule has 0 unspecified atom stereocenters. The fourth-order valence-corrected chi connectivity index (χ4v) is 1.67. The summed E-state index contributed by atoms with van der Waals surface area (Å²) < 4.78 is 4.89. The summed E-state index contributed by atoms with van der Waals surface area (Å²) >= 11 is 0. The first-order valence-corrected chi connectivity index (χ1v) is 6.50. The summed E-state index contributed by atoms with van der Waals surface area (Å²) in [7, 11) is 1.60. The molecular weight excluding hydrogens is 244 g/mol. The van der Waals surface area contributed by atoms with Crippen molar-refractivity contribution in [2.24, 2.45) is 0 Å². The number of ether oxygens (including phenoxy) is 1. The molecule has 6 heteroatoms. The molecule has 0 saturated carbocycles. The molecule has 0 saturated heterocycles. The number of aryl methyl sites for hydroxylation is 1. The highest BCUT2D eigenvalue weighted by molar-refractivity contribution is 5.92. The number of methoxy groups -OCH3 is 1. The molecule has 1 aromatic rings. The summed E-state index contributed by atoms with van der Waals surface area (Å²) in [6, 6.07) is 1.69. The molecule has 1 amide bonds. The van der Waals surface area contributed by atoms with Crippen molar-refractivity contribution in [3.05, 3.63) is 17.5 Å². The van der Waals surface area contributed by atoms with Gasteiger partial charge in [-0.25, -0.2) is 9.97 Å². The van der Waals surface area contributed by atoms with Gasteiger partial charge in [-0.2, -0.15) is 0 Å². The van der Waals surface area contributed by atoms with Gasteiger partial charge in [-0.1, -0.05) is 0 Å². The van der Waals surface area contributed by atoms with Gasteiger partial charge in [0, 0.05) is 32.4 Å². The summed E-state index contributed by atoms with van der Waals surface area (Å²) in [5.41, 5.74) is 1.18. The maximum Gasteiger partial charge on any atom is 0.270 e. The summed E-state index contributed by atoms with van der Waals surface area (Å²) in [6.07, 6.45) is 0. The van der Waals surface area contributed by atoms with E-state index in [0.717, 1.165) is 18.8 Å². The van der Waals surface area contributed by atoms with Crippen molar-refractivity contribution in [3.63, 3.8) is 0 Å². The Balaban J connectivity index is 2.86. The first-order chi connectivity index (χ1) is 9.12. The highest BCUT2D eigenvalue weighted by atomic mass is 16.5. The van der Waals surface area contributed by atoms with Crippen LogP contribution < -0.4 is 10.2 Å². The minimum atomic E-state index is -0.198. The average molecular weight is 266 g/mol. The second kappa shape index (κ2) is 7.68. The number of amides is 1. The number of hydrogen-bond donors (Lipinski definition) is 1. The number of rotatable bonds is 7. The Kier molecular flexibility index (Phi) is 6.21. The Hall–Kier alpha value is -1.69. The lowest BCUT2D eigenvalue weighted by atomic mass is 10.3. The molecule has 0 aromatic carbocycles. The highest BCUT2D eigenvalue weighted by Gasteiger charge is 2.12. The van der Waals surface area contributed by atoms with E-state index in [-0.39, 0.29) is 5.91 Å². The van der Waals surface area contributed by atoms with Gasteiger partial charge < -0.3 is 15.0 Å². The molecule has 0 aliphatic carbocycles. The van der Waals surface area contributed by atoms with E-state index in [4.69, 9.17) is 4.74 Å². The summed E-state index contributed by atoms with van der Waals surface area (Å²) in [6.45, 7) is 8.51. The molecular formula is C13H22N4O2. The number of nitrogens with zero attached hydrogens (tertiary/aromatic N) is 3. The number of nitrogens with one attached hydrogen (secondary N) is 1. The van der Waals surface area contributed by atoms with E-state index in [1.807, 2.05) is 25.7 Å². The van der Waals surface area contributed by atoms with Crippen molar-refractivity contribution < 1.29 is 9.53 Å². The van der Waals surface area contributed by atoms with Crippen LogP contribution in [-0.4, -0.2) is 49.2 Å². The quantitative estimate of drug-likeness (QED) is 0.746. The summed E-state index contributed by atoms with van der Waals surface area (Å²) in [5.74, 6) is 0.401. The Morgan fingerprint density at radius 2 is 2.05 bits per heavy atom. The number of aromatic nitrogens is 2. The van der Waals surface area contributed by atoms with Gasteiger partial charge in [0.05, 0.1) is 6.61 Å². The SMILES string of the molecule is CCN(CC)c1nc(C)cc(C(=O)NCCOC)n1. The first kappa shape index (κ1) is 15.4. The Bertz CT molecular complexity index is 419. The predicted octanol–water partition coefficient (Wildman–Crippen LogP) is 1.01. The zero-order chi connectivity index (χ0) is 14.3. The van der Waals surface area contributed by atoms with Crippen molar-refractivity contribution in [1.29, 1.82) is 0 Å². The van der Waals surface area contributed by atoms with Crippen LogP contribution in [0.4, 0.5) is 5.95 Å². The second-order valence-electron chi connectivity index (χ2n) is 4.12. The molecule has 0 aliphatic rings. The fourth-order valence-electron chi connectivity index (χ4n) is 1.67.